The number of aliphatic hydroxyl groups excluding tert-OH is 1. The summed E-state index contributed by atoms with van der Waals surface area (Å²) in [7, 11) is 6.00. The van der Waals surface area contributed by atoms with Crippen molar-refractivity contribution < 1.29 is 14.4 Å². The van der Waals surface area contributed by atoms with Crippen molar-refractivity contribution in [2.24, 2.45) is 28.6 Å². The van der Waals surface area contributed by atoms with Crippen molar-refractivity contribution in [3.8, 4) is 0 Å². The molecule has 1 N–H and O–H groups in total. The van der Waals surface area contributed by atoms with Crippen LogP contribution in [0.3, 0.4) is 0 Å². The molecule has 0 aromatic carbocycles. The van der Waals surface area contributed by atoms with E-state index in [0.717, 1.165) is 32.1 Å². The molecule has 3 aliphatic carbocycles. The Balaban J connectivity index is 1.71. The minimum absolute atomic E-state index is 0.120. The smallest absolute Gasteiger partial charge is 0.231 e. The van der Waals surface area contributed by atoms with Crippen LogP contribution in [-0.2, 0) is 9.32 Å². The Bertz CT molecular complexity index is 559. The number of aliphatic hydroxyl groups is 1. The zero-order valence-corrected chi connectivity index (χ0v) is 17.9. The summed E-state index contributed by atoms with van der Waals surface area (Å²) < 4.78 is 5.65. The molecule has 0 aromatic heterocycles. The van der Waals surface area contributed by atoms with E-state index >= 15 is 0 Å². The second-order valence-corrected chi connectivity index (χ2v) is 9.68. The molecule has 0 bridgehead atoms. The SMILES string of the molecule is CC(/C=C/C(OP)C1(C(=O)N(C)C)CC1)C1CCC2C(O)CCCC12C. The first-order valence-corrected chi connectivity index (χ1v) is 10.7. The molecule has 4 nitrogen and oxygen atoms in total. The van der Waals surface area contributed by atoms with Gasteiger partial charge in [-0.25, -0.2) is 0 Å². The number of hydrogen-bond donors (Lipinski definition) is 1. The molecular formula is C21H36NO3P. The second-order valence-electron chi connectivity index (χ2n) is 9.41. The van der Waals surface area contributed by atoms with Crippen LogP contribution < -0.4 is 0 Å². The molecule has 0 aromatic rings. The average molecular weight is 381 g/mol. The van der Waals surface area contributed by atoms with Crippen LogP contribution in [0.4, 0.5) is 0 Å². The maximum absolute atomic E-state index is 12.6. The molecule has 0 aliphatic heterocycles. The van der Waals surface area contributed by atoms with Gasteiger partial charge in [-0.3, -0.25) is 4.79 Å². The number of amides is 1. The number of fused-ring (bicyclic) bond motifs is 1. The van der Waals surface area contributed by atoms with Gasteiger partial charge in [-0.1, -0.05) is 32.4 Å². The molecule has 0 heterocycles. The summed E-state index contributed by atoms with van der Waals surface area (Å²) in [6.45, 7) is 4.69. The van der Waals surface area contributed by atoms with E-state index in [1.807, 2.05) is 14.1 Å². The first kappa shape index (κ1) is 20.3. The van der Waals surface area contributed by atoms with Crippen molar-refractivity contribution in [3.63, 3.8) is 0 Å². The van der Waals surface area contributed by atoms with Gasteiger partial charge in [0, 0.05) is 23.6 Å². The van der Waals surface area contributed by atoms with Crippen molar-refractivity contribution in [1.29, 1.82) is 0 Å². The predicted molar refractivity (Wildman–Crippen MR) is 107 cm³/mol. The van der Waals surface area contributed by atoms with Crippen LogP contribution in [0.2, 0.25) is 0 Å². The van der Waals surface area contributed by atoms with E-state index in [4.69, 9.17) is 4.52 Å². The lowest BCUT2D eigenvalue weighted by Gasteiger charge is -2.44. The van der Waals surface area contributed by atoms with Crippen LogP contribution in [0.15, 0.2) is 12.2 Å². The monoisotopic (exact) mass is 381 g/mol. The topological polar surface area (TPSA) is 49.8 Å². The largest absolute Gasteiger partial charge is 0.393 e. The first-order chi connectivity index (χ1) is 12.3. The Morgan fingerprint density at radius 2 is 1.92 bits per heavy atom. The molecule has 1 amide bonds. The third kappa shape index (κ3) is 3.38. The van der Waals surface area contributed by atoms with Crippen LogP contribution in [0.1, 0.15) is 58.8 Å². The molecule has 148 valence electrons. The van der Waals surface area contributed by atoms with Crippen molar-refractivity contribution in [3.05, 3.63) is 12.2 Å². The zero-order valence-electron chi connectivity index (χ0n) is 16.8. The van der Waals surface area contributed by atoms with E-state index in [1.54, 1.807) is 4.90 Å². The first-order valence-electron chi connectivity index (χ1n) is 10.2. The summed E-state index contributed by atoms with van der Waals surface area (Å²) in [4.78, 5) is 14.3. The van der Waals surface area contributed by atoms with Crippen LogP contribution >= 0.6 is 9.47 Å². The molecule has 5 heteroatoms. The summed E-state index contributed by atoms with van der Waals surface area (Å²) >= 11 is 0. The highest BCUT2D eigenvalue weighted by atomic mass is 31.0. The van der Waals surface area contributed by atoms with Gasteiger partial charge in [-0.05, 0) is 61.7 Å². The minimum Gasteiger partial charge on any atom is -0.393 e. The second kappa shape index (κ2) is 7.53. The fraction of sp³-hybridized carbons (Fsp3) is 0.857. The number of carbonyl (C=O) groups is 1. The van der Waals surface area contributed by atoms with Crippen LogP contribution in [0.25, 0.3) is 0 Å². The highest BCUT2D eigenvalue weighted by Crippen LogP contribution is 2.58. The lowest BCUT2D eigenvalue weighted by molar-refractivity contribution is -0.136. The van der Waals surface area contributed by atoms with Gasteiger partial charge in [0.1, 0.15) is 0 Å². The fourth-order valence-electron chi connectivity index (χ4n) is 6.02. The predicted octanol–water partition coefficient (Wildman–Crippen LogP) is 3.80. The van der Waals surface area contributed by atoms with Gasteiger partial charge >= 0.3 is 0 Å². The lowest BCUT2D eigenvalue weighted by atomic mass is 9.62. The number of hydrogen-bond acceptors (Lipinski definition) is 3. The lowest BCUT2D eigenvalue weighted by Crippen LogP contribution is -2.41. The Morgan fingerprint density at radius 3 is 2.50 bits per heavy atom. The standard InChI is InChI=1S/C21H36NO3P/c1-14(15-8-9-16-17(23)6-5-11-20(15,16)2)7-10-18(25-26)21(12-13-21)19(24)22(3)4/h7,10,14-18,23H,5-6,8-9,11-13,26H2,1-4H3/b10-7+. The quantitative estimate of drug-likeness (QED) is 0.562. The molecular weight excluding hydrogens is 345 g/mol. The van der Waals surface area contributed by atoms with Gasteiger partial charge in [-0.2, -0.15) is 0 Å². The van der Waals surface area contributed by atoms with Gasteiger partial charge in [0.15, 0.2) is 0 Å². The molecule has 0 radical (unpaired) electrons. The fourth-order valence-corrected chi connectivity index (χ4v) is 6.37. The highest BCUT2D eigenvalue weighted by Gasteiger charge is 2.56. The van der Waals surface area contributed by atoms with Gasteiger partial charge < -0.3 is 14.5 Å². The Hall–Kier alpha value is -0.440. The maximum atomic E-state index is 12.6. The van der Waals surface area contributed by atoms with Gasteiger partial charge in [-0.15, -0.1) is 0 Å². The van der Waals surface area contributed by atoms with E-state index in [9.17, 15) is 9.90 Å². The molecule has 26 heavy (non-hydrogen) atoms. The molecule has 0 spiro atoms. The number of nitrogens with zero attached hydrogens (tertiary/aromatic N) is 1. The number of carbonyl (C=O) groups excluding carboxylic acids is 1. The van der Waals surface area contributed by atoms with Gasteiger partial charge in [0.05, 0.1) is 17.6 Å². The number of rotatable bonds is 6. The molecule has 7 atom stereocenters. The van der Waals surface area contributed by atoms with Crippen molar-refractivity contribution in [1.82, 2.24) is 4.90 Å². The van der Waals surface area contributed by atoms with E-state index in [0.29, 0.717) is 17.8 Å². The summed E-state index contributed by atoms with van der Waals surface area (Å²) in [6, 6.07) is 0. The van der Waals surface area contributed by atoms with Crippen molar-refractivity contribution in [2.45, 2.75) is 71.0 Å². The highest BCUT2D eigenvalue weighted by molar-refractivity contribution is 7.09. The molecule has 3 saturated carbocycles. The Kier molecular flexibility index (Phi) is 5.88. The Labute approximate surface area is 161 Å². The molecule has 7 unspecified atom stereocenters. The maximum Gasteiger partial charge on any atom is 0.231 e. The van der Waals surface area contributed by atoms with Gasteiger partial charge in [0.2, 0.25) is 5.91 Å². The minimum atomic E-state index is -0.370. The van der Waals surface area contributed by atoms with Crippen molar-refractivity contribution in [2.75, 3.05) is 14.1 Å². The third-order valence-corrected chi connectivity index (χ3v) is 7.99. The number of allylic oxidation sites excluding steroid dienone is 1. The van der Waals surface area contributed by atoms with Crippen LogP contribution in [0.5, 0.6) is 0 Å². The Morgan fingerprint density at radius 1 is 1.23 bits per heavy atom. The molecule has 3 rings (SSSR count). The van der Waals surface area contributed by atoms with E-state index < -0.39 is 0 Å². The van der Waals surface area contributed by atoms with Crippen LogP contribution in [-0.4, -0.2) is 42.2 Å². The van der Waals surface area contributed by atoms with E-state index in [2.05, 4.69) is 35.5 Å². The van der Waals surface area contributed by atoms with E-state index in [1.165, 1.54) is 12.8 Å². The molecule has 3 fully saturated rings. The van der Waals surface area contributed by atoms with Crippen LogP contribution in [0, 0.1) is 28.6 Å². The average Bonchev–Trinajstić information content (AvgIpc) is 3.31. The summed E-state index contributed by atoms with van der Waals surface area (Å²) in [5, 5.41) is 10.4. The molecule has 3 aliphatic rings. The summed E-state index contributed by atoms with van der Waals surface area (Å²) in [6.07, 6.45) is 11.6. The van der Waals surface area contributed by atoms with E-state index in [-0.39, 0.29) is 28.9 Å². The summed E-state index contributed by atoms with van der Waals surface area (Å²) in [5.41, 5.74) is -0.125. The molecule has 0 saturated heterocycles. The third-order valence-electron chi connectivity index (χ3n) is 7.70. The normalized spacial score (nSPS) is 38.0. The van der Waals surface area contributed by atoms with Gasteiger partial charge in [0.25, 0.3) is 0 Å². The zero-order chi connectivity index (χ0) is 19.1. The summed E-state index contributed by atoms with van der Waals surface area (Å²) in [5.74, 6) is 1.66. The van der Waals surface area contributed by atoms with Crippen molar-refractivity contribution >= 4 is 15.4 Å².